The Balaban J connectivity index is 2.07. The van der Waals surface area contributed by atoms with Gasteiger partial charge >= 0.3 is 5.97 Å². The van der Waals surface area contributed by atoms with Crippen molar-refractivity contribution in [3.63, 3.8) is 0 Å². The van der Waals surface area contributed by atoms with Crippen LogP contribution >= 0.6 is 0 Å². The maximum Gasteiger partial charge on any atom is 0.357 e. The van der Waals surface area contributed by atoms with Gasteiger partial charge in [-0.1, -0.05) is 6.92 Å². The number of hydrogen-bond acceptors (Lipinski definition) is 5. The molecule has 1 heterocycles. The van der Waals surface area contributed by atoms with Crippen molar-refractivity contribution < 1.29 is 19.4 Å². The number of aliphatic hydroxyl groups is 1. The Morgan fingerprint density at radius 3 is 2.78 bits per heavy atom. The smallest absolute Gasteiger partial charge is 0.357 e. The number of carboxylic acid groups (broad SMARTS) is 1. The second kappa shape index (κ2) is 4.97. The Kier molecular flexibility index (Phi) is 3.56. The number of carboxylic acids is 1. The van der Waals surface area contributed by atoms with Crippen molar-refractivity contribution in [1.29, 1.82) is 0 Å². The van der Waals surface area contributed by atoms with Crippen LogP contribution in [-0.4, -0.2) is 33.3 Å². The van der Waals surface area contributed by atoms with Gasteiger partial charge in [0.15, 0.2) is 5.69 Å². The average molecular weight is 254 g/mol. The largest absolute Gasteiger partial charge is 0.476 e. The van der Waals surface area contributed by atoms with Crippen LogP contribution in [-0.2, 0) is 0 Å². The summed E-state index contributed by atoms with van der Waals surface area (Å²) in [5.74, 6) is -0.465. The standard InChI is InChI=1S/C12H18N2O4/c1-8-2-4-12(7-15,5-3-8)14-11-13-9(6-18-11)10(16)17/h6,8,15H,2-5,7H2,1H3,(H,13,14)(H,16,17). The lowest BCUT2D eigenvalue weighted by atomic mass is 9.77. The summed E-state index contributed by atoms with van der Waals surface area (Å²) in [5.41, 5.74) is -0.567. The zero-order valence-electron chi connectivity index (χ0n) is 10.3. The first-order valence-corrected chi connectivity index (χ1v) is 6.12. The highest BCUT2D eigenvalue weighted by Gasteiger charge is 2.34. The lowest BCUT2D eigenvalue weighted by Crippen LogP contribution is -2.45. The molecule has 6 heteroatoms. The maximum atomic E-state index is 10.7. The summed E-state index contributed by atoms with van der Waals surface area (Å²) in [5, 5.41) is 21.4. The highest BCUT2D eigenvalue weighted by molar-refractivity contribution is 5.85. The Labute approximate surface area is 105 Å². The van der Waals surface area contributed by atoms with Crippen LogP contribution in [0.4, 0.5) is 6.01 Å². The first kappa shape index (κ1) is 12.9. The third kappa shape index (κ3) is 2.64. The van der Waals surface area contributed by atoms with Gasteiger partial charge in [-0.2, -0.15) is 4.98 Å². The molecule has 18 heavy (non-hydrogen) atoms. The van der Waals surface area contributed by atoms with E-state index in [1.807, 2.05) is 0 Å². The van der Waals surface area contributed by atoms with Gasteiger partial charge in [0.2, 0.25) is 0 Å². The number of nitrogens with zero attached hydrogens (tertiary/aromatic N) is 1. The maximum absolute atomic E-state index is 10.7. The number of anilines is 1. The van der Waals surface area contributed by atoms with E-state index in [1.165, 1.54) is 0 Å². The predicted octanol–water partition coefficient (Wildman–Crippen LogP) is 1.73. The molecular weight excluding hydrogens is 236 g/mol. The summed E-state index contributed by atoms with van der Waals surface area (Å²) in [4.78, 5) is 14.5. The number of carbonyl (C=O) groups is 1. The molecule has 0 bridgehead atoms. The number of aromatic nitrogens is 1. The second-order valence-corrected chi connectivity index (χ2v) is 5.09. The van der Waals surface area contributed by atoms with Crippen LogP contribution in [0.5, 0.6) is 0 Å². The third-order valence-electron chi connectivity index (χ3n) is 3.63. The fourth-order valence-corrected chi connectivity index (χ4v) is 2.29. The Bertz CT molecular complexity index is 421. The summed E-state index contributed by atoms with van der Waals surface area (Å²) < 4.78 is 5.07. The van der Waals surface area contributed by atoms with Crippen LogP contribution < -0.4 is 5.32 Å². The Morgan fingerprint density at radius 2 is 2.28 bits per heavy atom. The zero-order chi connectivity index (χ0) is 13.2. The molecule has 0 aliphatic heterocycles. The van der Waals surface area contributed by atoms with Gasteiger partial charge in [0.05, 0.1) is 12.1 Å². The average Bonchev–Trinajstić information content (AvgIpc) is 2.81. The van der Waals surface area contributed by atoms with Crippen molar-refractivity contribution >= 4 is 12.0 Å². The third-order valence-corrected chi connectivity index (χ3v) is 3.63. The van der Waals surface area contributed by atoms with E-state index in [4.69, 9.17) is 9.52 Å². The normalized spacial score (nSPS) is 28.0. The molecule has 1 aromatic heterocycles. The molecular formula is C12H18N2O4. The second-order valence-electron chi connectivity index (χ2n) is 5.09. The quantitative estimate of drug-likeness (QED) is 0.757. The van der Waals surface area contributed by atoms with Gasteiger partial charge in [-0.25, -0.2) is 4.79 Å². The molecule has 0 spiro atoms. The van der Waals surface area contributed by atoms with Crippen LogP contribution in [0.2, 0.25) is 0 Å². The minimum atomic E-state index is -1.12. The number of aromatic carboxylic acids is 1. The molecule has 0 saturated heterocycles. The predicted molar refractivity (Wildman–Crippen MR) is 64.5 cm³/mol. The van der Waals surface area contributed by atoms with Crippen LogP contribution in [0.15, 0.2) is 10.7 Å². The minimum absolute atomic E-state index is 0.00942. The van der Waals surface area contributed by atoms with E-state index in [0.29, 0.717) is 5.92 Å². The van der Waals surface area contributed by atoms with Gasteiger partial charge in [-0.15, -0.1) is 0 Å². The first-order chi connectivity index (χ1) is 8.54. The molecule has 1 aliphatic carbocycles. The van der Waals surface area contributed by atoms with E-state index in [9.17, 15) is 9.90 Å². The first-order valence-electron chi connectivity index (χ1n) is 6.12. The van der Waals surface area contributed by atoms with Gasteiger partial charge in [0.1, 0.15) is 6.26 Å². The van der Waals surface area contributed by atoms with Crippen LogP contribution in [0.25, 0.3) is 0 Å². The molecule has 2 rings (SSSR count). The molecule has 0 aromatic carbocycles. The van der Waals surface area contributed by atoms with Crippen molar-refractivity contribution in [2.45, 2.75) is 38.1 Å². The van der Waals surface area contributed by atoms with Gasteiger partial charge in [-0.05, 0) is 31.6 Å². The SMILES string of the molecule is CC1CCC(CO)(Nc2nc(C(=O)O)co2)CC1. The fraction of sp³-hybridized carbons (Fsp3) is 0.667. The molecule has 0 amide bonds. The number of hydrogen-bond donors (Lipinski definition) is 3. The van der Waals surface area contributed by atoms with Gasteiger partial charge in [0, 0.05) is 0 Å². The summed E-state index contributed by atoms with van der Waals surface area (Å²) in [6, 6.07) is 0.163. The van der Waals surface area contributed by atoms with Gasteiger partial charge < -0.3 is 19.9 Å². The number of oxazole rings is 1. The van der Waals surface area contributed by atoms with Crippen LogP contribution in [0, 0.1) is 5.92 Å². The molecule has 1 aliphatic rings. The van der Waals surface area contributed by atoms with E-state index >= 15 is 0 Å². The van der Waals surface area contributed by atoms with Crippen LogP contribution in [0.1, 0.15) is 43.1 Å². The molecule has 0 unspecified atom stereocenters. The monoisotopic (exact) mass is 254 g/mol. The highest BCUT2D eigenvalue weighted by atomic mass is 16.4. The summed E-state index contributed by atoms with van der Waals surface area (Å²) in [7, 11) is 0. The van der Waals surface area contributed by atoms with Crippen molar-refractivity contribution in [3.8, 4) is 0 Å². The van der Waals surface area contributed by atoms with E-state index < -0.39 is 11.5 Å². The van der Waals surface area contributed by atoms with E-state index in [0.717, 1.165) is 31.9 Å². The summed E-state index contributed by atoms with van der Waals surface area (Å²) in [6.07, 6.45) is 4.81. The van der Waals surface area contributed by atoms with Crippen molar-refractivity contribution in [3.05, 3.63) is 12.0 Å². The zero-order valence-corrected chi connectivity index (χ0v) is 10.3. The fourth-order valence-electron chi connectivity index (χ4n) is 2.29. The molecule has 6 nitrogen and oxygen atoms in total. The molecule has 1 saturated carbocycles. The van der Waals surface area contributed by atoms with Gasteiger partial charge in [-0.3, -0.25) is 0 Å². The number of rotatable bonds is 4. The molecule has 0 atom stereocenters. The van der Waals surface area contributed by atoms with Crippen molar-refractivity contribution in [2.24, 2.45) is 5.92 Å². The molecule has 1 fully saturated rings. The van der Waals surface area contributed by atoms with Gasteiger partial charge in [0.25, 0.3) is 6.01 Å². The molecule has 100 valence electrons. The minimum Gasteiger partial charge on any atom is -0.476 e. The number of aliphatic hydroxyl groups excluding tert-OH is 1. The van der Waals surface area contributed by atoms with Crippen molar-refractivity contribution in [2.75, 3.05) is 11.9 Å². The Morgan fingerprint density at radius 1 is 1.61 bits per heavy atom. The molecule has 0 radical (unpaired) electrons. The topological polar surface area (TPSA) is 95.6 Å². The lowest BCUT2D eigenvalue weighted by molar-refractivity contribution is 0.0690. The van der Waals surface area contributed by atoms with Crippen molar-refractivity contribution in [1.82, 2.24) is 4.98 Å². The van der Waals surface area contributed by atoms with Crippen LogP contribution in [0.3, 0.4) is 0 Å². The lowest BCUT2D eigenvalue weighted by Gasteiger charge is -2.38. The highest BCUT2D eigenvalue weighted by Crippen LogP contribution is 2.34. The summed E-state index contributed by atoms with van der Waals surface area (Å²) >= 11 is 0. The number of nitrogens with one attached hydrogen (secondary N) is 1. The summed E-state index contributed by atoms with van der Waals surface area (Å²) in [6.45, 7) is 2.18. The van der Waals surface area contributed by atoms with E-state index in [-0.39, 0.29) is 18.3 Å². The molecule has 1 aromatic rings. The van der Waals surface area contributed by atoms with E-state index in [2.05, 4.69) is 17.2 Å². The molecule has 3 N–H and O–H groups in total. The Hall–Kier alpha value is -1.56. The van der Waals surface area contributed by atoms with E-state index in [1.54, 1.807) is 0 Å².